The van der Waals surface area contributed by atoms with E-state index in [9.17, 15) is 27.5 Å². The summed E-state index contributed by atoms with van der Waals surface area (Å²) in [5.74, 6) is -1.33. The number of likely N-dealkylation sites (tertiary alicyclic amines) is 1. The van der Waals surface area contributed by atoms with Crippen LogP contribution in [-0.2, 0) is 0 Å². The first-order valence-electron chi connectivity index (χ1n) is 6.60. The van der Waals surface area contributed by atoms with Crippen molar-refractivity contribution in [2.75, 3.05) is 20.2 Å². The molecule has 1 aliphatic heterocycles. The summed E-state index contributed by atoms with van der Waals surface area (Å²) in [5, 5.41) is 9.55. The van der Waals surface area contributed by atoms with Crippen LogP contribution in [0.1, 0.15) is 23.2 Å². The number of carbonyl (C=O) groups excluding carboxylic acids is 1. The van der Waals surface area contributed by atoms with Crippen LogP contribution in [-0.4, -0.2) is 47.9 Å². The number of rotatable bonds is 2. The second-order valence-corrected chi connectivity index (χ2v) is 5.17. The maximum absolute atomic E-state index is 13.6. The molecule has 0 bridgehead atoms. The van der Waals surface area contributed by atoms with Gasteiger partial charge in [0.15, 0.2) is 17.2 Å². The molecule has 22 heavy (non-hydrogen) atoms. The van der Waals surface area contributed by atoms with Crippen LogP contribution in [0.25, 0.3) is 0 Å². The molecule has 1 fully saturated rings. The minimum Gasteiger partial charge on any atom is -0.494 e. The summed E-state index contributed by atoms with van der Waals surface area (Å²) >= 11 is 0. The smallest absolute Gasteiger partial charge is 0.417 e. The highest BCUT2D eigenvalue weighted by molar-refractivity contribution is 5.94. The highest BCUT2D eigenvalue weighted by atomic mass is 19.4. The molecular weight excluding hydrogens is 306 g/mol. The number of alkyl halides is 3. The van der Waals surface area contributed by atoms with Gasteiger partial charge in [-0.05, 0) is 18.2 Å². The summed E-state index contributed by atoms with van der Waals surface area (Å²) in [5.41, 5.74) is -2.75. The third-order valence-electron chi connectivity index (χ3n) is 3.80. The Bertz CT molecular complexity index is 566. The molecular formula is C14H15F4NO3. The zero-order valence-electron chi connectivity index (χ0n) is 11.8. The third kappa shape index (κ3) is 3.01. The number of carbonyl (C=O) groups is 1. The van der Waals surface area contributed by atoms with Gasteiger partial charge in [0.05, 0.1) is 7.11 Å². The van der Waals surface area contributed by atoms with Crippen molar-refractivity contribution in [3.05, 3.63) is 29.6 Å². The minimum absolute atomic E-state index is 0.0238. The zero-order valence-corrected chi connectivity index (χ0v) is 11.8. The van der Waals surface area contributed by atoms with E-state index in [1.54, 1.807) is 0 Å². The lowest BCUT2D eigenvalue weighted by molar-refractivity contribution is -0.271. The first kappa shape index (κ1) is 16.5. The number of halogens is 4. The van der Waals surface area contributed by atoms with Crippen molar-refractivity contribution in [2.24, 2.45) is 0 Å². The maximum atomic E-state index is 13.6. The summed E-state index contributed by atoms with van der Waals surface area (Å²) in [4.78, 5) is 13.3. The van der Waals surface area contributed by atoms with Crippen LogP contribution in [0.15, 0.2) is 18.2 Å². The number of piperidine rings is 1. The number of aliphatic hydroxyl groups is 1. The molecule has 8 heteroatoms. The SMILES string of the molecule is COc1ccc(C(=O)N2CCC(O)(C(F)(F)F)CC2)cc1F. The van der Waals surface area contributed by atoms with Gasteiger partial charge in [-0.2, -0.15) is 13.2 Å². The Kier molecular flexibility index (Phi) is 4.32. The Morgan fingerprint density at radius 3 is 2.36 bits per heavy atom. The number of benzene rings is 1. The highest BCUT2D eigenvalue weighted by Crippen LogP contribution is 2.38. The average Bonchev–Trinajstić information content (AvgIpc) is 2.46. The first-order valence-corrected chi connectivity index (χ1v) is 6.60. The standard InChI is InChI=1S/C14H15F4NO3/c1-22-11-3-2-9(8-10(11)15)12(20)19-6-4-13(21,5-7-19)14(16,17)18/h2-3,8,21H,4-7H2,1H3. The van der Waals surface area contributed by atoms with Crippen molar-refractivity contribution >= 4 is 5.91 Å². The van der Waals surface area contributed by atoms with E-state index in [0.29, 0.717) is 0 Å². The second kappa shape index (κ2) is 5.75. The van der Waals surface area contributed by atoms with E-state index in [-0.39, 0.29) is 24.4 Å². The molecule has 1 heterocycles. The van der Waals surface area contributed by atoms with Crippen molar-refractivity contribution < 1.29 is 32.2 Å². The van der Waals surface area contributed by atoms with Crippen LogP contribution in [0.3, 0.4) is 0 Å². The van der Waals surface area contributed by atoms with E-state index < -0.39 is 36.3 Å². The van der Waals surface area contributed by atoms with E-state index in [4.69, 9.17) is 4.74 Å². The van der Waals surface area contributed by atoms with Gasteiger partial charge < -0.3 is 14.7 Å². The van der Waals surface area contributed by atoms with Crippen LogP contribution in [0.5, 0.6) is 5.75 Å². The topological polar surface area (TPSA) is 49.8 Å². The number of hydrogen-bond donors (Lipinski definition) is 1. The highest BCUT2D eigenvalue weighted by Gasteiger charge is 2.54. The maximum Gasteiger partial charge on any atom is 0.417 e. The molecule has 0 spiro atoms. The van der Waals surface area contributed by atoms with Crippen molar-refractivity contribution in [1.29, 1.82) is 0 Å². The summed E-state index contributed by atoms with van der Waals surface area (Å²) < 4.78 is 56.4. The van der Waals surface area contributed by atoms with Gasteiger partial charge in [0.2, 0.25) is 0 Å². The van der Waals surface area contributed by atoms with Crippen molar-refractivity contribution in [2.45, 2.75) is 24.6 Å². The predicted molar refractivity (Wildman–Crippen MR) is 69.1 cm³/mol. The van der Waals surface area contributed by atoms with Gasteiger partial charge in [0.1, 0.15) is 0 Å². The molecule has 122 valence electrons. The molecule has 1 N–H and O–H groups in total. The molecule has 1 amide bonds. The van der Waals surface area contributed by atoms with E-state index in [1.807, 2.05) is 0 Å². The van der Waals surface area contributed by atoms with E-state index in [1.165, 1.54) is 24.1 Å². The molecule has 0 aromatic heterocycles. The fourth-order valence-corrected chi connectivity index (χ4v) is 2.35. The second-order valence-electron chi connectivity index (χ2n) is 5.17. The Labute approximate surface area is 124 Å². The molecule has 0 unspecified atom stereocenters. The van der Waals surface area contributed by atoms with Gasteiger partial charge in [0, 0.05) is 31.5 Å². The van der Waals surface area contributed by atoms with Crippen molar-refractivity contribution in [3.63, 3.8) is 0 Å². The molecule has 1 saturated heterocycles. The molecule has 0 saturated carbocycles. The summed E-state index contributed by atoms with van der Waals surface area (Å²) in [6, 6.07) is 3.60. The lowest BCUT2D eigenvalue weighted by atomic mass is 9.90. The lowest BCUT2D eigenvalue weighted by Gasteiger charge is -2.39. The third-order valence-corrected chi connectivity index (χ3v) is 3.80. The van der Waals surface area contributed by atoms with Gasteiger partial charge in [0.25, 0.3) is 5.91 Å². The molecule has 2 rings (SSSR count). The number of ether oxygens (including phenoxy) is 1. The van der Waals surface area contributed by atoms with Crippen molar-refractivity contribution in [3.8, 4) is 5.75 Å². The summed E-state index contributed by atoms with van der Waals surface area (Å²) in [6.07, 6.45) is -5.92. The van der Waals surface area contributed by atoms with Gasteiger partial charge in [-0.25, -0.2) is 4.39 Å². The molecule has 1 aromatic carbocycles. The predicted octanol–water partition coefficient (Wildman–Crippen LogP) is 2.36. The van der Waals surface area contributed by atoms with Crippen LogP contribution >= 0.6 is 0 Å². The van der Waals surface area contributed by atoms with Crippen LogP contribution < -0.4 is 4.74 Å². The number of hydrogen-bond acceptors (Lipinski definition) is 3. The van der Waals surface area contributed by atoms with E-state index in [0.717, 1.165) is 6.07 Å². The average molecular weight is 321 g/mol. The Hall–Kier alpha value is -1.83. The molecule has 0 aliphatic carbocycles. The molecule has 4 nitrogen and oxygen atoms in total. The van der Waals surface area contributed by atoms with E-state index >= 15 is 0 Å². The van der Waals surface area contributed by atoms with Crippen LogP contribution in [0, 0.1) is 5.82 Å². The minimum atomic E-state index is -4.73. The number of amides is 1. The summed E-state index contributed by atoms with van der Waals surface area (Å²) in [6.45, 7) is -0.495. The fraction of sp³-hybridized carbons (Fsp3) is 0.500. The van der Waals surface area contributed by atoms with Gasteiger partial charge in [-0.15, -0.1) is 0 Å². The number of nitrogens with zero attached hydrogens (tertiary/aromatic N) is 1. The zero-order chi connectivity index (χ0) is 16.5. The number of methoxy groups -OCH3 is 1. The summed E-state index contributed by atoms with van der Waals surface area (Å²) in [7, 11) is 1.28. The van der Waals surface area contributed by atoms with Gasteiger partial charge in [-0.1, -0.05) is 0 Å². The Morgan fingerprint density at radius 1 is 1.32 bits per heavy atom. The quantitative estimate of drug-likeness (QED) is 0.851. The Balaban J connectivity index is 2.08. The Morgan fingerprint density at radius 2 is 1.91 bits per heavy atom. The molecule has 1 aromatic rings. The largest absolute Gasteiger partial charge is 0.494 e. The van der Waals surface area contributed by atoms with Crippen LogP contribution in [0.2, 0.25) is 0 Å². The van der Waals surface area contributed by atoms with Crippen molar-refractivity contribution in [1.82, 2.24) is 4.90 Å². The first-order chi connectivity index (χ1) is 10.2. The van der Waals surface area contributed by atoms with E-state index in [2.05, 4.69) is 0 Å². The monoisotopic (exact) mass is 321 g/mol. The molecule has 0 atom stereocenters. The van der Waals surface area contributed by atoms with Crippen LogP contribution in [0.4, 0.5) is 17.6 Å². The van der Waals surface area contributed by atoms with Gasteiger partial charge >= 0.3 is 6.18 Å². The normalized spacial score (nSPS) is 18.2. The lowest BCUT2D eigenvalue weighted by Crippen LogP contribution is -2.54. The molecule has 0 radical (unpaired) electrons. The molecule has 1 aliphatic rings. The fourth-order valence-electron chi connectivity index (χ4n) is 2.35. The van der Waals surface area contributed by atoms with Gasteiger partial charge in [-0.3, -0.25) is 4.79 Å².